The van der Waals surface area contributed by atoms with Gasteiger partial charge in [0.25, 0.3) is 0 Å². The lowest BCUT2D eigenvalue weighted by Crippen LogP contribution is -2.25. The minimum absolute atomic E-state index is 0.0368. The molecule has 0 aliphatic heterocycles. The summed E-state index contributed by atoms with van der Waals surface area (Å²) in [7, 11) is 0. The highest BCUT2D eigenvalue weighted by molar-refractivity contribution is 5.19. The molecule has 3 heteroatoms. The van der Waals surface area contributed by atoms with Gasteiger partial charge in [-0.25, -0.2) is 0 Å². The summed E-state index contributed by atoms with van der Waals surface area (Å²) in [5.74, 6) is 0.546. The molecule has 1 heterocycles. The van der Waals surface area contributed by atoms with Gasteiger partial charge in [0.2, 0.25) is 0 Å². The summed E-state index contributed by atoms with van der Waals surface area (Å²) in [6.45, 7) is 11.8. The first kappa shape index (κ1) is 15.8. The molecule has 2 aromatic rings. The quantitative estimate of drug-likeness (QED) is 0.895. The molecule has 21 heavy (non-hydrogen) atoms. The van der Waals surface area contributed by atoms with Crippen molar-refractivity contribution in [2.45, 2.75) is 52.7 Å². The number of benzene rings is 1. The van der Waals surface area contributed by atoms with Crippen molar-refractivity contribution in [2.24, 2.45) is 5.92 Å². The third-order valence-electron chi connectivity index (χ3n) is 3.67. The van der Waals surface area contributed by atoms with E-state index in [0.29, 0.717) is 12.0 Å². The van der Waals surface area contributed by atoms with E-state index in [4.69, 9.17) is 0 Å². The van der Waals surface area contributed by atoms with Crippen LogP contribution in [-0.2, 0) is 12.1 Å². The Labute approximate surface area is 128 Å². The molecule has 0 saturated carbocycles. The van der Waals surface area contributed by atoms with Gasteiger partial charge < -0.3 is 5.32 Å². The molecular formula is C18H27N3. The van der Waals surface area contributed by atoms with Gasteiger partial charge in [0.1, 0.15) is 0 Å². The van der Waals surface area contributed by atoms with Gasteiger partial charge in [-0.15, -0.1) is 0 Å². The molecule has 114 valence electrons. The largest absolute Gasteiger partial charge is 0.306 e. The molecule has 0 spiro atoms. The van der Waals surface area contributed by atoms with Crippen LogP contribution >= 0.6 is 0 Å². The minimum Gasteiger partial charge on any atom is -0.306 e. The second-order valence-corrected chi connectivity index (χ2v) is 6.98. The maximum Gasteiger partial charge on any atom is 0.0543 e. The molecule has 0 radical (unpaired) electrons. The molecule has 2 rings (SSSR count). The topological polar surface area (TPSA) is 29.9 Å². The molecule has 0 bridgehead atoms. The average molecular weight is 285 g/mol. The predicted octanol–water partition coefficient (Wildman–Crippen LogP) is 4.13. The summed E-state index contributed by atoms with van der Waals surface area (Å²) >= 11 is 0. The molecule has 0 aliphatic rings. The number of hydrogen-bond donors (Lipinski definition) is 1. The first-order chi connectivity index (χ1) is 9.88. The van der Waals surface area contributed by atoms with Gasteiger partial charge in [-0.2, -0.15) is 5.10 Å². The molecule has 1 unspecified atom stereocenters. The van der Waals surface area contributed by atoms with Crippen LogP contribution in [0.4, 0.5) is 0 Å². The van der Waals surface area contributed by atoms with E-state index in [1.807, 2.05) is 10.9 Å². The summed E-state index contributed by atoms with van der Waals surface area (Å²) in [5.41, 5.74) is 2.61. The number of nitrogens with zero attached hydrogens (tertiary/aromatic N) is 2. The van der Waals surface area contributed by atoms with Gasteiger partial charge in [-0.3, -0.25) is 4.68 Å². The fourth-order valence-corrected chi connectivity index (χ4v) is 2.44. The van der Waals surface area contributed by atoms with E-state index in [9.17, 15) is 0 Å². The van der Waals surface area contributed by atoms with Crippen LogP contribution in [0.2, 0.25) is 0 Å². The van der Waals surface area contributed by atoms with Crippen LogP contribution in [0.25, 0.3) is 0 Å². The van der Waals surface area contributed by atoms with Gasteiger partial charge in [0.15, 0.2) is 0 Å². The summed E-state index contributed by atoms with van der Waals surface area (Å²) in [4.78, 5) is 0. The van der Waals surface area contributed by atoms with Crippen molar-refractivity contribution in [2.75, 3.05) is 0 Å². The second kappa shape index (κ2) is 6.44. The van der Waals surface area contributed by atoms with Crippen LogP contribution in [0.3, 0.4) is 0 Å². The Hall–Kier alpha value is -1.61. The maximum absolute atomic E-state index is 4.46. The molecule has 0 fully saturated rings. The number of hydrogen-bond acceptors (Lipinski definition) is 2. The Kier molecular flexibility index (Phi) is 4.84. The van der Waals surface area contributed by atoms with Gasteiger partial charge in [0, 0.05) is 24.3 Å². The lowest BCUT2D eigenvalue weighted by atomic mass is 9.96. The number of rotatable bonds is 5. The van der Waals surface area contributed by atoms with Crippen molar-refractivity contribution >= 4 is 0 Å². The van der Waals surface area contributed by atoms with E-state index >= 15 is 0 Å². The van der Waals surface area contributed by atoms with Crippen LogP contribution in [0.15, 0.2) is 42.7 Å². The van der Waals surface area contributed by atoms with Gasteiger partial charge in [0.05, 0.1) is 11.7 Å². The van der Waals surface area contributed by atoms with E-state index in [1.165, 1.54) is 11.1 Å². The molecule has 0 amide bonds. The third-order valence-corrected chi connectivity index (χ3v) is 3.67. The molecule has 0 saturated heterocycles. The van der Waals surface area contributed by atoms with Gasteiger partial charge in [-0.05, 0) is 32.3 Å². The van der Waals surface area contributed by atoms with Crippen molar-refractivity contribution in [3.05, 3.63) is 53.9 Å². The Balaban J connectivity index is 2.04. The third kappa shape index (κ3) is 4.18. The Bertz CT molecular complexity index is 549. The lowest BCUT2D eigenvalue weighted by Gasteiger charge is -2.23. The van der Waals surface area contributed by atoms with Crippen molar-refractivity contribution in [3.8, 4) is 0 Å². The Morgan fingerprint density at radius 2 is 1.81 bits per heavy atom. The highest BCUT2D eigenvalue weighted by Crippen LogP contribution is 2.22. The van der Waals surface area contributed by atoms with Gasteiger partial charge in [-0.1, -0.05) is 44.2 Å². The summed E-state index contributed by atoms with van der Waals surface area (Å²) in [5, 5.41) is 8.12. The van der Waals surface area contributed by atoms with Crippen molar-refractivity contribution in [1.82, 2.24) is 15.1 Å². The first-order valence-electron chi connectivity index (χ1n) is 7.70. The molecular weight excluding hydrogens is 258 g/mol. The monoisotopic (exact) mass is 285 g/mol. The SMILES string of the molecule is CC(C)C(NCc1cnn(C(C)(C)C)c1)c1ccccc1. The van der Waals surface area contributed by atoms with Crippen LogP contribution < -0.4 is 5.32 Å². The minimum atomic E-state index is 0.0368. The normalized spacial score (nSPS) is 13.6. The molecule has 3 nitrogen and oxygen atoms in total. The van der Waals surface area contributed by atoms with Crippen LogP contribution in [0.5, 0.6) is 0 Å². The Morgan fingerprint density at radius 3 is 2.33 bits per heavy atom. The van der Waals surface area contributed by atoms with Crippen molar-refractivity contribution in [1.29, 1.82) is 0 Å². The average Bonchev–Trinajstić information content (AvgIpc) is 2.88. The van der Waals surface area contributed by atoms with E-state index in [0.717, 1.165) is 6.54 Å². The number of nitrogens with one attached hydrogen (secondary N) is 1. The zero-order valence-electron chi connectivity index (χ0n) is 13.8. The molecule has 1 N–H and O–H groups in total. The summed E-state index contributed by atoms with van der Waals surface area (Å²) < 4.78 is 2.02. The summed E-state index contributed by atoms with van der Waals surface area (Å²) in [6.07, 6.45) is 4.09. The van der Waals surface area contributed by atoms with Crippen molar-refractivity contribution < 1.29 is 0 Å². The smallest absolute Gasteiger partial charge is 0.0543 e. The van der Waals surface area contributed by atoms with E-state index < -0.39 is 0 Å². The van der Waals surface area contributed by atoms with E-state index in [-0.39, 0.29) is 5.54 Å². The maximum atomic E-state index is 4.46. The molecule has 0 aliphatic carbocycles. The van der Waals surface area contributed by atoms with Crippen molar-refractivity contribution in [3.63, 3.8) is 0 Å². The lowest BCUT2D eigenvalue weighted by molar-refractivity contribution is 0.355. The summed E-state index contributed by atoms with van der Waals surface area (Å²) in [6, 6.07) is 11.0. The highest BCUT2D eigenvalue weighted by Gasteiger charge is 2.17. The second-order valence-electron chi connectivity index (χ2n) is 6.98. The standard InChI is InChI=1S/C18H27N3/c1-14(2)17(16-9-7-6-8-10-16)19-11-15-12-20-21(13-15)18(3,4)5/h6-10,12-14,17,19H,11H2,1-5H3. The Morgan fingerprint density at radius 1 is 1.14 bits per heavy atom. The molecule has 1 atom stereocenters. The highest BCUT2D eigenvalue weighted by atomic mass is 15.3. The van der Waals surface area contributed by atoms with E-state index in [2.05, 4.69) is 81.6 Å². The van der Waals surface area contributed by atoms with E-state index in [1.54, 1.807) is 0 Å². The fraction of sp³-hybridized carbons (Fsp3) is 0.500. The first-order valence-corrected chi connectivity index (χ1v) is 7.70. The van der Waals surface area contributed by atoms with Crippen LogP contribution in [-0.4, -0.2) is 9.78 Å². The fourth-order valence-electron chi connectivity index (χ4n) is 2.44. The van der Waals surface area contributed by atoms with Gasteiger partial charge >= 0.3 is 0 Å². The molecule has 1 aromatic carbocycles. The zero-order valence-corrected chi connectivity index (χ0v) is 13.8. The van der Waals surface area contributed by atoms with Crippen LogP contribution in [0, 0.1) is 5.92 Å². The zero-order chi connectivity index (χ0) is 15.5. The molecule has 1 aromatic heterocycles. The van der Waals surface area contributed by atoms with Crippen LogP contribution in [0.1, 0.15) is 51.8 Å². The predicted molar refractivity (Wildman–Crippen MR) is 88.1 cm³/mol. The number of aromatic nitrogens is 2.